The smallest absolute Gasteiger partial charge is 0.273 e. The molecule has 0 aliphatic carbocycles. The fourth-order valence-corrected chi connectivity index (χ4v) is 2.39. The largest absolute Gasteiger partial charge is 0.508 e. The number of oxime groups is 1. The third-order valence-electron chi connectivity index (χ3n) is 3.77. The molecule has 2 rings (SSSR count). The highest BCUT2D eigenvalue weighted by Gasteiger charge is 2.17. The van der Waals surface area contributed by atoms with E-state index >= 15 is 0 Å². The Balaban J connectivity index is 2.31. The molecule has 0 radical (unpaired) electrons. The van der Waals surface area contributed by atoms with Gasteiger partial charge in [0.2, 0.25) is 0 Å². The van der Waals surface area contributed by atoms with Crippen molar-refractivity contribution < 1.29 is 19.5 Å². The number of amides is 1. The minimum atomic E-state index is -0.342. The van der Waals surface area contributed by atoms with E-state index in [1.54, 1.807) is 18.2 Å². The number of aryl methyl sites for hydroxylation is 2. The summed E-state index contributed by atoms with van der Waals surface area (Å²) in [6, 6.07) is 10.8. The summed E-state index contributed by atoms with van der Waals surface area (Å²) in [5.74, 6) is 0.570. The normalized spacial score (nSPS) is 11.1. The zero-order valence-corrected chi connectivity index (χ0v) is 14.8. The number of hydrogen-bond acceptors (Lipinski definition) is 5. The van der Waals surface area contributed by atoms with Crippen LogP contribution < -0.4 is 10.1 Å². The lowest BCUT2D eigenvalue weighted by atomic mass is 10.0. The van der Waals surface area contributed by atoms with Crippen molar-refractivity contribution in [3.8, 4) is 11.5 Å². The van der Waals surface area contributed by atoms with Crippen LogP contribution in [0.3, 0.4) is 0 Å². The van der Waals surface area contributed by atoms with Crippen molar-refractivity contribution in [2.24, 2.45) is 5.16 Å². The highest BCUT2D eigenvalue weighted by molar-refractivity contribution is 6.45. The van der Waals surface area contributed by atoms with E-state index in [1.165, 1.54) is 14.2 Å². The SMILES string of the molecule is CNC(=O)/C(=N/OC)c1ccccc1COc1cc(C)c(O)cc1C. The monoisotopic (exact) mass is 342 g/mol. The summed E-state index contributed by atoms with van der Waals surface area (Å²) in [6.07, 6.45) is 0. The molecule has 0 aliphatic heterocycles. The molecule has 0 unspecified atom stereocenters. The highest BCUT2D eigenvalue weighted by atomic mass is 16.6. The second-order valence-corrected chi connectivity index (χ2v) is 5.55. The van der Waals surface area contributed by atoms with Crippen molar-refractivity contribution in [1.82, 2.24) is 5.32 Å². The summed E-state index contributed by atoms with van der Waals surface area (Å²) < 4.78 is 5.90. The van der Waals surface area contributed by atoms with Crippen LogP contribution in [-0.2, 0) is 16.2 Å². The quantitative estimate of drug-likeness (QED) is 0.625. The average Bonchev–Trinajstić information content (AvgIpc) is 2.61. The summed E-state index contributed by atoms with van der Waals surface area (Å²) in [6.45, 7) is 3.92. The molecule has 6 heteroatoms. The van der Waals surface area contributed by atoms with Crippen molar-refractivity contribution in [2.75, 3.05) is 14.2 Å². The molecule has 0 aromatic heterocycles. The highest BCUT2D eigenvalue weighted by Crippen LogP contribution is 2.27. The molecule has 0 fully saturated rings. The number of hydrogen-bond donors (Lipinski definition) is 2. The van der Waals surface area contributed by atoms with Crippen LogP contribution in [0.2, 0.25) is 0 Å². The van der Waals surface area contributed by atoms with Crippen molar-refractivity contribution in [2.45, 2.75) is 20.5 Å². The number of ether oxygens (including phenoxy) is 1. The van der Waals surface area contributed by atoms with Gasteiger partial charge < -0.3 is 20.0 Å². The third-order valence-corrected chi connectivity index (χ3v) is 3.77. The lowest BCUT2D eigenvalue weighted by molar-refractivity contribution is -0.114. The summed E-state index contributed by atoms with van der Waals surface area (Å²) in [4.78, 5) is 16.9. The maximum atomic E-state index is 12.1. The first-order chi connectivity index (χ1) is 12.0. The average molecular weight is 342 g/mol. The lowest BCUT2D eigenvalue weighted by Crippen LogP contribution is -2.29. The molecule has 132 valence electrons. The number of rotatable bonds is 6. The van der Waals surface area contributed by atoms with Crippen LogP contribution in [0.5, 0.6) is 11.5 Å². The fourth-order valence-electron chi connectivity index (χ4n) is 2.39. The van der Waals surface area contributed by atoms with E-state index in [0.29, 0.717) is 11.3 Å². The van der Waals surface area contributed by atoms with Gasteiger partial charge in [-0.25, -0.2) is 0 Å². The van der Waals surface area contributed by atoms with E-state index in [2.05, 4.69) is 10.5 Å². The maximum absolute atomic E-state index is 12.1. The molecule has 0 bridgehead atoms. The molecule has 0 heterocycles. The van der Waals surface area contributed by atoms with E-state index in [1.807, 2.05) is 32.0 Å². The number of aromatic hydroxyl groups is 1. The van der Waals surface area contributed by atoms with Crippen LogP contribution in [-0.4, -0.2) is 30.9 Å². The van der Waals surface area contributed by atoms with E-state index in [9.17, 15) is 9.90 Å². The third kappa shape index (κ3) is 4.29. The van der Waals surface area contributed by atoms with Crippen LogP contribution >= 0.6 is 0 Å². The molecule has 0 saturated heterocycles. The first-order valence-electron chi connectivity index (χ1n) is 7.82. The molecular weight excluding hydrogens is 320 g/mol. The Morgan fingerprint density at radius 3 is 2.60 bits per heavy atom. The number of nitrogens with zero attached hydrogens (tertiary/aromatic N) is 1. The van der Waals surface area contributed by atoms with Gasteiger partial charge in [-0.15, -0.1) is 0 Å². The molecule has 25 heavy (non-hydrogen) atoms. The Hall–Kier alpha value is -3.02. The Morgan fingerprint density at radius 2 is 1.92 bits per heavy atom. The Kier molecular flexibility index (Phi) is 6.00. The molecule has 0 atom stereocenters. The van der Waals surface area contributed by atoms with Crippen LogP contribution in [0.25, 0.3) is 0 Å². The van der Waals surface area contributed by atoms with Gasteiger partial charge in [-0.2, -0.15) is 0 Å². The van der Waals surface area contributed by atoms with Gasteiger partial charge in [-0.1, -0.05) is 29.4 Å². The number of phenols is 1. The molecule has 2 N–H and O–H groups in total. The topological polar surface area (TPSA) is 80.2 Å². The number of benzene rings is 2. The molecule has 0 spiro atoms. The predicted molar refractivity (Wildman–Crippen MR) is 96.0 cm³/mol. The van der Waals surface area contributed by atoms with Crippen LogP contribution in [0.4, 0.5) is 0 Å². The van der Waals surface area contributed by atoms with Gasteiger partial charge in [-0.05, 0) is 42.7 Å². The van der Waals surface area contributed by atoms with E-state index in [4.69, 9.17) is 9.57 Å². The summed E-state index contributed by atoms with van der Waals surface area (Å²) in [5.41, 5.74) is 3.19. The van der Waals surface area contributed by atoms with E-state index < -0.39 is 0 Å². The lowest BCUT2D eigenvalue weighted by Gasteiger charge is -2.14. The van der Waals surface area contributed by atoms with Gasteiger partial charge >= 0.3 is 0 Å². The van der Waals surface area contributed by atoms with E-state index in [-0.39, 0.29) is 24.0 Å². The van der Waals surface area contributed by atoms with Crippen molar-refractivity contribution >= 4 is 11.6 Å². The Bertz CT molecular complexity index is 800. The number of carbonyl (C=O) groups excluding carboxylic acids is 1. The van der Waals surface area contributed by atoms with Crippen molar-refractivity contribution in [3.05, 3.63) is 58.7 Å². The Labute approximate surface area is 147 Å². The van der Waals surface area contributed by atoms with Crippen molar-refractivity contribution in [3.63, 3.8) is 0 Å². The number of nitrogens with one attached hydrogen (secondary N) is 1. The van der Waals surface area contributed by atoms with Crippen LogP contribution in [0.1, 0.15) is 22.3 Å². The summed E-state index contributed by atoms with van der Waals surface area (Å²) in [7, 11) is 2.93. The molecule has 0 aliphatic rings. The zero-order valence-electron chi connectivity index (χ0n) is 14.8. The molecule has 0 saturated carbocycles. The zero-order chi connectivity index (χ0) is 18.4. The van der Waals surface area contributed by atoms with Gasteiger partial charge in [0.15, 0.2) is 5.71 Å². The van der Waals surface area contributed by atoms with Crippen LogP contribution in [0, 0.1) is 13.8 Å². The summed E-state index contributed by atoms with van der Waals surface area (Å²) >= 11 is 0. The molecule has 2 aromatic rings. The standard InChI is InChI=1S/C19H22N2O4/c1-12-10-17(13(2)9-16(12)22)25-11-14-7-5-6-8-15(14)18(21-24-4)19(23)20-3/h5-10,22H,11H2,1-4H3,(H,20,23)/b21-18+. The van der Waals surface area contributed by atoms with Gasteiger partial charge in [0, 0.05) is 12.6 Å². The number of phenolic OH excluding ortho intramolecular Hbond substituents is 1. The number of carbonyl (C=O) groups is 1. The first-order valence-corrected chi connectivity index (χ1v) is 7.82. The number of likely N-dealkylation sites (N-methyl/N-ethyl adjacent to an activating group) is 1. The van der Waals surface area contributed by atoms with Crippen molar-refractivity contribution in [1.29, 1.82) is 0 Å². The van der Waals surface area contributed by atoms with Crippen LogP contribution in [0.15, 0.2) is 41.6 Å². The minimum absolute atomic E-state index is 0.183. The molecule has 2 aromatic carbocycles. The van der Waals surface area contributed by atoms with E-state index in [0.717, 1.165) is 16.7 Å². The first kappa shape index (κ1) is 18.3. The van der Waals surface area contributed by atoms with Gasteiger partial charge in [-0.3, -0.25) is 4.79 Å². The predicted octanol–water partition coefficient (Wildman–Crippen LogP) is 2.68. The molecule has 6 nitrogen and oxygen atoms in total. The van der Waals surface area contributed by atoms with Gasteiger partial charge in [0.25, 0.3) is 5.91 Å². The summed E-state index contributed by atoms with van der Waals surface area (Å²) in [5, 5.41) is 16.1. The second-order valence-electron chi connectivity index (χ2n) is 5.55. The maximum Gasteiger partial charge on any atom is 0.273 e. The van der Waals surface area contributed by atoms with Gasteiger partial charge in [0.1, 0.15) is 25.2 Å². The Morgan fingerprint density at radius 1 is 1.20 bits per heavy atom. The second kappa shape index (κ2) is 8.19. The molecule has 1 amide bonds. The van der Waals surface area contributed by atoms with Gasteiger partial charge in [0.05, 0.1) is 0 Å². The fraction of sp³-hybridized carbons (Fsp3) is 0.263. The minimum Gasteiger partial charge on any atom is -0.508 e. The molecular formula is C19H22N2O4.